The van der Waals surface area contributed by atoms with Crippen LogP contribution < -0.4 is 0 Å². The third-order valence-corrected chi connectivity index (χ3v) is 3.50. The summed E-state index contributed by atoms with van der Waals surface area (Å²) in [7, 11) is 0. The summed E-state index contributed by atoms with van der Waals surface area (Å²) in [6.07, 6.45) is 6.16. The number of thioether (sulfide) groups is 1. The lowest BCUT2D eigenvalue weighted by Crippen LogP contribution is -2.13. The van der Waals surface area contributed by atoms with E-state index < -0.39 is 0 Å². The van der Waals surface area contributed by atoms with Crippen LogP contribution in [0.25, 0.3) is 0 Å². The molecule has 1 aliphatic rings. The molecule has 0 spiro atoms. The maximum Gasteiger partial charge on any atom is 0.0959 e. The van der Waals surface area contributed by atoms with E-state index in [0.717, 1.165) is 5.92 Å². The van der Waals surface area contributed by atoms with Crippen molar-refractivity contribution < 1.29 is 0 Å². The van der Waals surface area contributed by atoms with Crippen LogP contribution in [-0.4, -0.2) is 10.7 Å². The van der Waals surface area contributed by atoms with E-state index in [9.17, 15) is 0 Å². The number of hydrogen-bond acceptors (Lipinski definition) is 2. The predicted octanol–water partition coefficient (Wildman–Crippen LogP) is 2.97. The molecule has 0 amide bonds. The minimum Gasteiger partial charge on any atom is -0.250 e. The van der Waals surface area contributed by atoms with Crippen LogP contribution in [0, 0.1) is 5.92 Å². The van der Waals surface area contributed by atoms with E-state index in [1.54, 1.807) is 0 Å². The Labute approximate surface area is 77.6 Å². The third kappa shape index (κ3) is 2.01. The van der Waals surface area contributed by atoms with Gasteiger partial charge < -0.3 is 0 Å². The van der Waals surface area contributed by atoms with Crippen molar-refractivity contribution in [3.63, 3.8) is 0 Å². The normalized spacial score (nSPS) is 17.3. The van der Waals surface area contributed by atoms with Crippen LogP contribution in [0.1, 0.15) is 19.3 Å². The van der Waals surface area contributed by atoms with Gasteiger partial charge in [-0.2, -0.15) is 0 Å². The summed E-state index contributed by atoms with van der Waals surface area (Å²) in [6, 6.07) is 6.10. The molecular formula is C10H13NS. The highest BCUT2D eigenvalue weighted by atomic mass is 32.2. The Hall–Kier alpha value is -0.500. The van der Waals surface area contributed by atoms with E-state index in [1.165, 1.54) is 30.0 Å². The fourth-order valence-corrected chi connectivity index (χ4v) is 2.35. The van der Waals surface area contributed by atoms with Crippen LogP contribution >= 0.6 is 11.8 Å². The number of aromatic nitrogens is 1. The van der Waals surface area contributed by atoms with Gasteiger partial charge in [0.05, 0.1) is 5.03 Å². The van der Waals surface area contributed by atoms with Crippen molar-refractivity contribution in [3.05, 3.63) is 24.4 Å². The molecule has 1 aliphatic carbocycles. The zero-order chi connectivity index (χ0) is 8.23. The van der Waals surface area contributed by atoms with E-state index in [0.29, 0.717) is 0 Å². The summed E-state index contributed by atoms with van der Waals surface area (Å²) < 4.78 is 0. The molecule has 1 aromatic heterocycles. The summed E-state index contributed by atoms with van der Waals surface area (Å²) in [4.78, 5) is 4.27. The lowest BCUT2D eigenvalue weighted by molar-refractivity contribution is 0.353. The van der Waals surface area contributed by atoms with Crippen LogP contribution in [0.3, 0.4) is 0 Å². The van der Waals surface area contributed by atoms with E-state index in [1.807, 2.05) is 24.0 Å². The molecule has 0 radical (unpaired) electrons. The molecule has 0 aromatic carbocycles. The first-order valence-corrected chi connectivity index (χ1v) is 5.47. The molecule has 2 rings (SSSR count). The maximum absolute atomic E-state index is 4.27. The van der Waals surface area contributed by atoms with Crippen LogP contribution in [0.5, 0.6) is 0 Å². The first-order valence-electron chi connectivity index (χ1n) is 4.49. The molecule has 0 bridgehead atoms. The topological polar surface area (TPSA) is 12.9 Å². The van der Waals surface area contributed by atoms with Crippen LogP contribution in [0.4, 0.5) is 0 Å². The molecule has 0 unspecified atom stereocenters. The van der Waals surface area contributed by atoms with Gasteiger partial charge in [0.2, 0.25) is 0 Å². The first kappa shape index (κ1) is 8.11. The van der Waals surface area contributed by atoms with Crippen molar-refractivity contribution in [1.82, 2.24) is 4.98 Å². The van der Waals surface area contributed by atoms with Crippen LogP contribution in [0.15, 0.2) is 29.4 Å². The summed E-state index contributed by atoms with van der Waals surface area (Å²) >= 11 is 1.89. The SMILES string of the molecule is c1ccc(SCC2CCC2)nc1. The lowest BCUT2D eigenvalue weighted by Gasteiger charge is -2.24. The highest BCUT2D eigenvalue weighted by molar-refractivity contribution is 7.99. The Bertz CT molecular complexity index is 231. The predicted molar refractivity (Wildman–Crippen MR) is 52.3 cm³/mol. The molecule has 0 aliphatic heterocycles. The molecule has 64 valence electrons. The number of rotatable bonds is 3. The summed E-state index contributed by atoms with van der Waals surface area (Å²) in [5, 5.41) is 1.17. The van der Waals surface area contributed by atoms with Gasteiger partial charge in [0, 0.05) is 11.9 Å². The van der Waals surface area contributed by atoms with Gasteiger partial charge in [0.25, 0.3) is 0 Å². The van der Waals surface area contributed by atoms with E-state index >= 15 is 0 Å². The molecule has 1 fully saturated rings. The largest absolute Gasteiger partial charge is 0.250 e. The smallest absolute Gasteiger partial charge is 0.0959 e. The highest BCUT2D eigenvalue weighted by Gasteiger charge is 2.17. The summed E-state index contributed by atoms with van der Waals surface area (Å²) in [5.74, 6) is 2.23. The molecule has 1 aromatic rings. The van der Waals surface area contributed by atoms with Gasteiger partial charge in [0.1, 0.15) is 0 Å². The van der Waals surface area contributed by atoms with Gasteiger partial charge in [-0.05, 0) is 30.9 Å². The second-order valence-electron chi connectivity index (χ2n) is 3.28. The van der Waals surface area contributed by atoms with Crippen LogP contribution in [-0.2, 0) is 0 Å². The highest BCUT2D eigenvalue weighted by Crippen LogP contribution is 2.31. The molecule has 1 nitrogen and oxygen atoms in total. The monoisotopic (exact) mass is 179 g/mol. The van der Waals surface area contributed by atoms with Gasteiger partial charge in [-0.15, -0.1) is 11.8 Å². The zero-order valence-electron chi connectivity index (χ0n) is 7.07. The maximum atomic E-state index is 4.27. The Balaban J connectivity index is 1.79. The number of pyridine rings is 1. The quantitative estimate of drug-likeness (QED) is 0.662. The lowest BCUT2D eigenvalue weighted by atomic mass is 9.87. The number of nitrogens with zero attached hydrogens (tertiary/aromatic N) is 1. The van der Waals surface area contributed by atoms with Crippen LogP contribution in [0.2, 0.25) is 0 Å². The summed E-state index contributed by atoms with van der Waals surface area (Å²) in [5.41, 5.74) is 0. The first-order chi connectivity index (χ1) is 5.95. The molecular weight excluding hydrogens is 166 g/mol. The molecule has 12 heavy (non-hydrogen) atoms. The molecule has 1 heterocycles. The average Bonchev–Trinajstić information content (AvgIpc) is 2.04. The molecule has 2 heteroatoms. The van der Waals surface area contributed by atoms with Crippen molar-refractivity contribution in [3.8, 4) is 0 Å². The van der Waals surface area contributed by atoms with E-state index in [2.05, 4.69) is 17.1 Å². The van der Waals surface area contributed by atoms with Crippen molar-refractivity contribution >= 4 is 11.8 Å². The Morgan fingerprint density at radius 1 is 1.42 bits per heavy atom. The minimum atomic E-state index is 0.969. The second kappa shape index (κ2) is 3.94. The third-order valence-electron chi connectivity index (χ3n) is 2.33. The van der Waals surface area contributed by atoms with Gasteiger partial charge in [0.15, 0.2) is 0 Å². The van der Waals surface area contributed by atoms with E-state index in [4.69, 9.17) is 0 Å². The Morgan fingerprint density at radius 3 is 2.92 bits per heavy atom. The molecule has 0 saturated heterocycles. The average molecular weight is 179 g/mol. The van der Waals surface area contributed by atoms with Crippen molar-refractivity contribution in [2.24, 2.45) is 5.92 Å². The van der Waals surface area contributed by atoms with Gasteiger partial charge >= 0.3 is 0 Å². The Morgan fingerprint density at radius 2 is 2.33 bits per heavy atom. The van der Waals surface area contributed by atoms with Crippen molar-refractivity contribution in [2.75, 3.05) is 5.75 Å². The van der Waals surface area contributed by atoms with Gasteiger partial charge in [-0.25, -0.2) is 4.98 Å². The van der Waals surface area contributed by atoms with Gasteiger partial charge in [-0.1, -0.05) is 12.5 Å². The summed E-state index contributed by atoms with van der Waals surface area (Å²) in [6.45, 7) is 0. The number of hydrogen-bond donors (Lipinski definition) is 0. The van der Waals surface area contributed by atoms with Crippen molar-refractivity contribution in [2.45, 2.75) is 24.3 Å². The molecule has 1 saturated carbocycles. The fourth-order valence-electron chi connectivity index (χ4n) is 1.30. The standard InChI is InChI=1S/C10H13NS/c1-2-7-11-10(6-1)12-8-9-4-3-5-9/h1-2,6-7,9H,3-5,8H2. The van der Waals surface area contributed by atoms with E-state index in [-0.39, 0.29) is 0 Å². The van der Waals surface area contributed by atoms with Gasteiger partial charge in [-0.3, -0.25) is 0 Å². The van der Waals surface area contributed by atoms with Crippen molar-refractivity contribution in [1.29, 1.82) is 0 Å². The zero-order valence-corrected chi connectivity index (χ0v) is 7.89. The second-order valence-corrected chi connectivity index (χ2v) is 4.32. The fraction of sp³-hybridized carbons (Fsp3) is 0.500. The molecule has 0 N–H and O–H groups in total. The minimum absolute atomic E-state index is 0.969. The Kier molecular flexibility index (Phi) is 2.67. The molecule has 0 atom stereocenters.